The molecular weight excluding hydrogens is 260 g/mol. The fourth-order valence-corrected chi connectivity index (χ4v) is 2.00. The van der Waals surface area contributed by atoms with Crippen LogP contribution in [0, 0.1) is 24.0 Å². The molecule has 4 heteroatoms. The van der Waals surface area contributed by atoms with Gasteiger partial charge in [0.2, 0.25) is 0 Å². The number of halogens is 2. The van der Waals surface area contributed by atoms with E-state index in [9.17, 15) is 8.78 Å². The number of nitrogens with one attached hydrogen (secondary N) is 1. The number of hydrogen-bond donors (Lipinski definition) is 1. The van der Waals surface area contributed by atoms with Crippen LogP contribution >= 0.6 is 0 Å². The van der Waals surface area contributed by atoms with Crippen LogP contribution < -0.4 is 5.32 Å². The molecule has 114 valence electrons. The molecule has 1 aromatic carbocycles. The van der Waals surface area contributed by atoms with Crippen molar-refractivity contribution in [2.24, 2.45) is 5.41 Å². The summed E-state index contributed by atoms with van der Waals surface area (Å²) in [5.41, 5.74) is 0.749. The zero-order valence-corrected chi connectivity index (χ0v) is 13.0. The molecule has 0 radical (unpaired) electrons. The van der Waals surface area contributed by atoms with Crippen molar-refractivity contribution in [3.63, 3.8) is 0 Å². The Morgan fingerprint density at radius 3 is 2.50 bits per heavy atom. The molecule has 1 rings (SSSR count). The van der Waals surface area contributed by atoms with Gasteiger partial charge in [-0.1, -0.05) is 13.8 Å². The smallest absolute Gasteiger partial charge is 0.128 e. The lowest BCUT2D eigenvalue weighted by Crippen LogP contribution is -2.32. The van der Waals surface area contributed by atoms with Gasteiger partial charge in [0, 0.05) is 31.9 Å². The molecule has 1 atom stereocenters. The number of ether oxygens (including phenoxy) is 1. The monoisotopic (exact) mass is 285 g/mol. The molecule has 0 aromatic heterocycles. The van der Waals surface area contributed by atoms with E-state index in [1.54, 1.807) is 14.0 Å². The average molecular weight is 285 g/mol. The van der Waals surface area contributed by atoms with Crippen molar-refractivity contribution in [2.75, 3.05) is 20.3 Å². The van der Waals surface area contributed by atoms with Crippen LogP contribution in [0.25, 0.3) is 0 Å². The third kappa shape index (κ3) is 4.84. The second-order valence-corrected chi connectivity index (χ2v) is 6.13. The van der Waals surface area contributed by atoms with Crippen LogP contribution in [0.5, 0.6) is 0 Å². The van der Waals surface area contributed by atoms with Crippen LogP contribution in [0.4, 0.5) is 8.78 Å². The van der Waals surface area contributed by atoms with Gasteiger partial charge in [-0.2, -0.15) is 0 Å². The summed E-state index contributed by atoms with van der Waals surface area (Å²) in [5, 5.41) is 3.27. The van der Waals surface area contributed by atoms with Crippen LogP contribution in [0.3, 0.4) is 0 Å². The highest BCUT2D eigenvalue weighted by Gasteiger charge is 2.20. The van der Waals surface area contributed by atoms with Crippen LogP contribution in [0.15, 0.2) is 12.1 Å². The Bertz CT molecular complexity index is 446. The molecule has 0 saturated heterocycles. The minimum absolute atomic E-state index is 0.0456. The number of aryl methyl sites for hydroxylation is 1. The second-order valence-electron chi connectivity index (χ2n) is 6.13. The number of benzene rings is 1. The highest BCUT2D eigenvalue weighted by molar-refractivity contribution is 5.27. The summed E-state index contributed by atoms with van der Waals surface area (Å²) in [6.45, 7) is 9.06. The van der Waals surface area contributed by atoms with E-state index in [1.807, 2.05) is 6.92 Å². The molecule has 0 amide bonds. The van der Waals surface area contributed by atoms with Crippen LogP contribution in [-0.4, -0.2) is 20.3 Å². The molecule has 1 unspecified atom stereocenters. The normalized spacial score (nSPS) is 13.6. The minimum atomic E-state index is -0.367. The Balaban J connectivity index is 2.67. The lowest BCUT2D eigenvalue weighted by molar-refractivity contribution is 0.149. The van der Waals surface area contributed by atoms with Crippen molar-refractivity contribution in [1.82, 2.24) is 5.32 Å². The van der Waals surface area contributed by atoms with Gasteiger partial charge in [-0.3, -0.25) is 0 Å². The molecule has 20 heavy (non-hydrogen) atoms. The fraction of sp³-hybridized carbons (Fsp3) is 0.625. The van der Waals surface area contributed by atoms with Crippen LogP contribution in [-0.2, 0) is 4.74 Å². The molecule has 2 nitrogen and oxygen atoms in total. The highest BCUT2D eigenvalue weighted by atomic mass is 19.1. The fourth-order valence-electron chi connectivity index (χ4n) is 2.00. The zero-order valence-electron chi connectivity index (χ0n) is 13.0. The van der Waals surface area contributed by atoms with Gasteiger partial charge in [-0.15, -0.1) is 0 Å². The van der Waals surface area contributed by atoms with Gasteiger partial charge in [-0.05, 0) is 43.4 Å². The van der Waals surface area contributed by atoms with Crippen LogP contribution in [0.1, 0.15) is 44.4 Å². The maximum Gasteiger partial charge on any atom is 0.128 e. The first-order valence-electron chi connectivity index (χ1n) is 6.94. The van der Waals surface area contributed by atoms with Gasteiger partial charge >= 0.3 is 0 Å². The molecule has 1 aromatic rings. The Morgan fingerprint density at radius 2 is 1.90 bits per heavy atom. The molecule has 0 aliphatic carbocycles. The predicted molar refractivity (Wildman–Crippen MR) is 77.8 cm³/mol. The minimum Gasteiger partial charge on any atom is -0.385 e. The quantitative estimate of drug-likeness (QED) is 0.818. The largest absolute Gasteiger partial charge is 0.385 e. The topological polar surface area (TPSA) is 21.3 Å². The lowest BCUT2D eigenvalue weighted by atomic mass is 9.89. The molecular formula is C16H25F2NO. The highest BCUT2D eigenvalue weighted by Crippen LogP contribution is 2.24. The van der Waals surface area contributed by atoms with Crippen molar-refractivity contribution in [3.8, 4) is 0 Å². The lowest BCUT2D eigenvalue weighted by Gasteiger charge is -2.27. The van der Waals surface area contributed by atoms with Crippen molar-refractivity contribution in [2.45, 2.75) is 40.2 Å². The zero-order chi connectivity index (χ0) is 15.3. The summed E-state index contributed by atoms with van der Waals surface area (Å²) in [7, 11) is 1.68. The molecule has 1 N–H and O–H groups in total. The second kappa shape index (κ2) is 7.14. The summed E-state index contributed by atoms with van der Waals surface area (Å²) in [6.07, 6.45) is 0.911. The van der Waals surface area contributed by atoms with E-state index in [4.69, 9.17) is 4.74 Å². The molecule has 0 saturated carbocycles. The van der Waals surface area contributed by atoms with E-state index in [-0.39, 0.29) is 23.1 Å². The Labute approximate surface area is 120 Å². The molecule has 0 aliphatic rings. The van der Waals surface area contributed by atoms with Crippen molar-refractivity contribution in [1.29, 1.82) is 0 Å². The average Bonchev–Trinajstić information content (AvgIpc) is 2.38. The molecule has 0 fully saturated rings. The molecule has 0 heterocycles. The van der Waals surface area contributed by atoms with E-state index in [1.165, 1.54) is 12.1 Å². The van der Waals surface area contributed by atoms with Crippen molar-refractivity contribution < 1.29 is 13.5 Å². The van der Waals surface area contributed by atoms with E-state index in [0.29, 0.717) is 24.3 Å². The standard InChI is InChI=1S/C16H25F2NO/c1-11-8-15(18)13(9-14(11)17)12(2)19-10-16(3,4)6-7-20-5/h8-9,12,19H,6-7,10H2,1-5H3. The summed E-state index contributed by atoms with van der Waals surface area (Å²) in [4.78, 5) is 0. The Kier molecular flexibility index (Phi) is 6.08. The SMILES string of the molecule is COCCC(C)(C)CNC(C)c1cc(F)c(C)cc1F. The number of methoxy groups -OCH3 is 1. The summed E-state index contributed by atoms with van der Waals surface area (Å²) in [6, 6.07) is 2.30. The number of rotatable bonds is 7. The summed E-state index contributed by atoms with van der Waals surface area (Å²) in [5.74, 6) is -0.729. The summed E-state index contributed by atoms with van der Waals surface area (Å²) < 4.78 is 32.5. The molecule has 0 aliphatic heterocycles. The first kappa shape index (κ1) is 17.1. The van der Waals surface area contributed by atoms with Gasteiger partial charge in [-0.25, -0.2) is 8.78 Å². The van der Waals surface area contributed by atoms with Crippen molar-refractivity contribution in [3.05, 3.63) is 34.9 Å². The third-order valence-electron chi connectivity index (χ3n) is 3.61. The third-order valence-corrected chi connectivity index (χ3v) is 3.61. The van der Waals surface area contributed by atoms with Gasteiger partial charge in [0.05, 0.1) is 0 Å². The first-order chi connectivity index (χ1) is 9.26. The van der Waals surface area contributed by atoms with Gasteiger partial charge in [0.15, 0.2) is 0 Å². The Hall–Kier alpha value is -1.00. The predicted octanol–water partition coefficient (Wildman–Crippen LogP) is 3.99. The van der Waals surface area contributed by atoms with Gasteiger partial charge in [0.25, 0.3) is 0 Å². The van der Waals surface area contributed by atoms with E-state index in [2.05, 4.69) is 19.2 Å². The number of hydrogen-bond acceptors (Lipinski definition) is 2. The molecule has 0 spiro atoms. The maximum absolute atomic E-state index is 13.9. The first-order valence-corrected chi connectivity index (χ1v) is 6.94. The van der Waals surface area contributed by atoms with Crippen molar-refractivity contribution >= 4 is 0 Å². The van der Waals surface area contributed by atoms with Crippen LogP contribution in [0.2, 0.25) is 0 Å². The van der Waals surface area contributed by atoms with Gasteiger partial charge < -0.3 is 10.1 Å². The Morgan fingerprint density at radius 1 is 1.25 bits per heavy atom. The molecule has 0 bridgehead atoms. The summed E-state index contributed by atoms with van der Waals surface area (Å²) >= 11 is 0. The van der Waals surface area contributed by atoms with E-state index in [0.717, 1.165) is 6.42 Å². The maximum atomic E-state index is 13.9. The van der Waals surface area contributed by atoms with E-state index >= 15 is 0 Å². The van der Waals surface area contributed by atoms with Gasteiger partial charge in [0.1, 0.15) is 11.6 Å². The van der Waals surface area contributed by atoms with E-state index < -0.39 is 0 Å².